The fourth-order valence-electron chi connectivity index (χ4n) is 6.88. The summed E-state index contributed by atoms with van der Waals surface area (Å²) in [6, 6.07) is 5.30. The van der Waals surface area contributed by atoms with E-state index in [4.69, 9.17) is 0 Å². The van der Waals surface area contributed by atoms with Crippen LogP contribution in [0.2, 0.25) is 0 Å². The molecule has 0 radical (unpaired) electrons. The van der Waals surface area contributed by atoms with E-state index in [1.54, 1.807) is 12.1 Å². The zero-order valence-corrected chi connectivity index (χ0v) is 16.8. The minimum atomic E-state index is -0.931. The number of carboxylic acids is 1. The van der Waals surface area contributed by atoms with Crippen molar-refractivity contribution in [2.75, 3.05) is 0 Å². The molecule has 4 saturated carbocycles. The number of aromatic carboxylic acids is 1. The van der Waals surface area contributed by atoms with Gasteiger partial charge in [-0.05, 0) is 94.2 Å². The summed E-state index contributed by atoms with van der Waals surface area (Å²) >= 11 is 0. The minimum Gasteiger partial charge on any atom is -0.478 e. The summed E-state index contributed by atoms with van der Waals surface area (Å²) < 4.78 is 0. The molecule has 4 aliphatic carbocycles. The number of carboxylic acid groups (broad SMARTS) is 1. The Kier molecular flexibility index (Phi) is 3.82. The number of ketones is 1. The maximum atomic E-state index is 13.6. The van der Waals surface area contributed by atoms with Crippen LogP contribution in [0.5, 0.6) is 0 Å². The van der Waals surface area contributed by atoms with Gasteiger partial charge in [-0.1, -0.05) is 6.07 Å². The lowest BCUT2D eigenvalue weighted by Crippen LogP contribution is -2.50. The number of hydrogen-bond donors (Lipinski definition) is 2. The Morgan fingerprint density at radius 2 is 1.68 bits per heavy atom. The Hall–Kier alpha value is -2.10. The van der Waals surface area contributed by atoms with Gasteiger partial charge in [0.05, 0.1) is 5.56 Å². The molecule has 28 heavy (non-hydrogen) atoms. The predicted octanol–water partition coefficient (Wildman–Crippen LogP) is 4.44. The molecule has 0 amide bonds. The van der Waals surface area contributed by atoms with Gasteiger partial charge >= 0.3 is 5.97 Å². The summed E-state index contributed by atoms with van der Waals surface area (Å²) in [5.74, 6) is 1.53. The molecule has 4 nitrogen and oxygen atoms in total. The van der Waals surface area contributed by atoms with Gasteiger partial charge < -0.3 is 10.4 Å². The van der Waals surface area contributed by atoms with Crippen molar-refractivity contribution in [1.29, 1.82) is 0 Å². The molecule has 1 aliphatic heterocycles. The van der Waals surface area contributed by atoms with Crippen molar-refractivity contribution in [2.45, 2.75) is 64.3 Å². The summed E-state index contributed by atoms with van der Waals surface area (Å²) in [6.45, 7) is 4.26. The fourth-order valence-corrected chi connectivity index (χ4v) is 6.88. The molecule has 1 aromatic rings. The van der Waals surface area contributed by atoms with Gasteiger partial charge in [0.15, 0.2) is 5.78 Å². The predicted molar refractivity (Wildman–Crippen MR) is 108 cm³/mol. The quantitative estimate of drug-likeness (QED) is 0.762. The molecule has 0 atom stereocenters. The molecule has 0 spiro atoms. The first-order chi connectivity index (χ1) is 13.2. The lowest BCUT2D eigenvalue weighted by molar-refractivity contribution is -0.138. The SMILES string of the molecule is CC1(C)Cc2ccc(C(=O)O)cc2C(=CC(=O)C23CC4CC(CC(C4)C2)C3)N1. The fraction of sp³-hybridized carbons (Fsp3) is 0.583. The van der Waals surface area contributed by atoms with Crippen LogP contribution < -0.4 is 5.32 Å². The topological polar surface area (TPSA) is 66.4 Å². The zero-order chi connectivity index (χ0) is 19.7. The summed E-state index contributed by atoms with van der Waals surface area (Å²) in [6.07, 6.45) is 9.73. The number of carbonyl (C=O) groups excluding carboxylic acids is 1. The van der Waals surface area contributed by atoms with E-state index >= 15 is 0 Å². The lowest BCUT2D eigenvalue weighted by atomic mass is 9.48. The van der Waals surface area contributed by atoms with Crippen molar-refractivity contribution < 1.29 is 14.7 Å². The third-order valence-electron chi connectivity index (χ3n) is 7.59. The summed E-state index contributed by atoms with van der Waals surface area (Å²) in [5, 5.41) is 12.9. The number of nitrogens with one attached hydrogen (secondary N) is 1. The van der Waals surface area contributed by atoms with Gasteiger partial charge in [-0.25, -0.2) is 4.79 Å². The monoisotopic (exact) mass is 379 g/mol. The number of allylic oxidation sites excluding steroid dienone is 1. The van der Waals surface area contributed by atoms with Gasteiger partial charge in [0.25, 0.3) is 0 Å². The third-order valence-corrected chi connectivity index (χ3v) is 7.59. The first-order valence-corrected chi connectivity index (χ1v) is 10.6. The molecule has 1 heterocycles. The molecule has 6 rings (SSSR count). The molecule has 5 aliphatic rings. The highest BCUT2D eigenvalue weighted by Crippen LogP contribution is 2.60. The van der Waals surface area contributed by atoms with E-state index in [0.717, 1.165) is 60.3 Å². The van der Waals surface area contributed by atoms with Crippen LogP contribution in [0.1, 0.15) is 73.9 Å². The van der Waals surface area contributed by atoms with Crippen LogP contribution in [0.25, 0.3) is 5.70 Å². The van der Waals surface area contributed by atoms with Crippen molar-refractivity contribution in [1.82, 2.24) is 5.32 Å². The molecular weight excluding hydrogens is 350 g/mol. The Morgan fingerprint density at radius 1 is 1.07 bits per heavy atom. The maximum absolute atomic E-state index is 13.6. The van der Waals surface area contributed by atoms with Crippen molar-refractivity contribution in [3.8, 4) is 0 Å². The number of hydrogen-bond acceptors (Lipinski definition) is 3. The molecular formula is C24H29NO3. The number of carbonyl (C=O) groups is 2. The van der Waals surface area contributed by atoms with Crippen LogP contribution in [0.4, 0.5) is 0 Å². The summed E-state index contributed by atoms with van der Waals surface area (Å²) in [7, 11) is 0. The molecule has 0 unspecified atom stereocenters. The van der Waals surface area contributed by atoms with Gasteiger partial charge in [-0.15, -0.1) is 0 Å². The second-order valence-electron chi connectivity index (χ2n) is 10.5. The zero-order valence-electron chi connectivity index (χ0n) is 16.8. The molecule has 0 saturated heterocycles. The number of benzene rings is 1. The highest BCUT2D eigenvalue weighted by Gasteiger charge is 2.54. The van der Waals surface area contributed by atoms with Crippen LogP contribution >= 0.6 is 0 Å². The Bertz CT molecular complexity index is 860. The summed E-state index contributed by atoms with van der Waals surface area (Å²) in [4.78, 5) is 25.0. The van der Waals surface area contributed by atoms with E-state index in [2.05, 4.69) is 19.2 Å². The molecule has 148 valence electrons. The summed E-state index contributed by atoms with van der Waals surface area (Å²) in [5.41, 5.74) is 2.72. The van der Waals surface area contributed by atoms with Crippen molar-refractivity contribution in [3.63, 3.8) is 0 Å². The van der Waals surface area contributed by atoms with Crippen LogP contribution in [0.15, 0.2) is 24.3 Å². The Morgan fingerprint density at radius 3 is 2.25 bits per heavy atom. The molecule has 4 heteroatoms. The highest BCUT2D eigenvalue weighted by molar-refractivity contribution is 6.01. The van der Waals surface area contributed by atoms with Crippen LogP contribution in [0, 0.1) is 23.2 Å². The molecule has 2 N–H and O–H groups in total. The second kappa shape index (κ2) is 5.95. The standard InChI is InChI=1S/C24H29NO3/c1-23(2)13-18-4-3-17(22(27)28)8-19(18)20(25-23)9-21(26)24-10-14-5-15(11-24)7-16(6-14)12-24/h3-4,8-9,14-16,25H,5-7,10-13H2,1-2H3,(H,27,28). The highest BCUT2D eigenvalue weighted by atomic mass is 16.4. The molecule has 0 aromatic heterocycles. The van der Waals surface area contributed by atoms with Crippen molar-refractivity contribution >= 4 is 17.4 Å². The smallest absolute Gasteiger partial charge is 0.335 e. The number of rotatable bonds is 3. The first-order valence-electron chi connectivity index (χ1n) is 10.6. The van der Waals surface area contributed by atoms with Gasteiger partial charge in [0.1, 0.15) is 0 Å². The van der Waals surface area contributed by atoms with Gasteiger partial charge in [-0.3, -0.25) is 4.79 Å². The van der Waals surface area contributed by atoms with Gasteiger partial charge in [-0.2, -0.15) is 0 Å². The Labute approximate surface area is 166 Å². The van der Waals surface area contributed by atoms with Crippen molar-refractivity contribution in [3.05, 3.63) is 41.0 Å². The van der Waals surface area contributed by atoms with E-state index in [-0.39, 0.29) is 22.3 Å². The van der Waals surface area contributed by atoms with Crippen LogP contribution in [-0.2, 0) is 11.2 Å². The average Bonchev–Trinajstić information content (AvgIpc) is 2.59. The van der Waals surface area contributed by atoms with E-state index in [1.807, 2.05) is 12.1 Å². The third kappa shape index (κ3) is 2.89. The van der Waals surface area contributed by atoms with E-state index in [1.165, 1.54) is 19.3 Å². The Balaban J connectivity index is 1.53. The van der Waals surface area contributed by atoms with E-state index in [0.29, 0.717) is 0 Å². The average molecular weight is 380 g/mol. The van der Waals surface area contributed by atoms with Crippen LogP contribution in [0.3, 0.4) is 0 Å². The largest absolute Gasteiger partial charge is 0.478 e. The molecule has 1 aromatic carbocycles. The van der Waals surface area contributed by atoms with Crippen LogP contribution in [-0.4, -0.2) is 22.4 Å². The number of fused-ring (bicyclic) bond motifs is 1. The second-order valence-corrected chi connectivity index (χ2v) is 10.5. The normalized spacial score (nSPS) is 36.1. The first kappa shape index (κ1) is 18.0. The molecule has 4 bridgehead atoms. The van der Waals surface area contributed by atoms with Gasteiger partial charge in [0.2, 0.25) is 0 Å². The lowest BCUT2D eigenvalue weighted by Gasteiger charge is -2.55. The maximum Gasteiger partial charge on any atom is 0.335 e. The van der Waals surface area contributed by atoms with E-state index in [9.17, 15) is 14.7 Å². The van der Waals surface area contributed by atoms with Crippen molar-refractivity contribution in [2.24, 2.45) is 23.2 Å². The van der Waals surface area contributed by atoms with Gasteiger partial charge in [0, 0.05) is 28.3 Å². The van der Waals surface area contributed by atoms with E-state index < -0.39 is 5.97 Å². The minimum absolute atomic E-state index is 0.161. The molecule has 4 fully saturated rings.